The Bertz CT molecular complexity index is 481. The molecule has 2 N–H and O–H groups in total. The lowest BCUT2D eigenvalue weighted by Gasteiger charge is -2.23. The van der Waals surface area contributed by atoms with Crippen LogP contribution in [0.1, 0.15) is 19.3 Å². The van der Waals surface area contributed by atoms with E-state index in [1.807, 2.05) is 12.1 Å². The van der Waals surface area contributed by atoms with Crippen LogP contribution in [0.15, 0.2) is 24.3 Å². The van der Waals surface area contributed by atoms with Crippen LogP contribution in [0.3, 0.4) is 0 Å². The number of piperidine rings is 1. The lowest BCUT2D eigenvalue weighted by atomic mass is 10.1. The number of hydrogen-bond donors (Lipinski definition) is 2. The number of anilines is 1. The van der Waals surface area contributed by atoms with Crippen LogP contribution in [0.2, 0.25) is 0 Å². The quantitative estimate of drug-likeness (QED) is 0.788. The van der Waals surface area contributed by atoms with Crippen molar-refractivity contribution in [3.63, 3.8) is 0 Å². The second kappa shape index (κ2) is 6.21. The van der Waals surface area contributed by atoms with Crippen LogP contribution >= 0.6 is 22.6 Å². The van der Waals surface area contributed by atoms with Crippen LogP contribution in [0.25, 0.3) is 0 Å². The van der Waals surface area contributed by atoms with E-state index in [0.29, 0.717) is 5.69 Å². The predicted molar refractivity (Wildman–Crippen MR) is 82.2 cm³/mol. The molecule has 6 heteroatoms. The van der Waals surface area contributed by atoms with Crippen molar-refractivity contribution in [2.45, 2.75) is 25.3 Å². The first-order valence-corrected chi connectivity index (χ1v) is 8.78. The molecule has 100 valence electrons. The molecular weight excluding hydrogens is 363 g/mol. The van der Waals surface area contributed by atoms with Crippen LogP contribution in [0.5, 0.6) is 0 Å². The van der Waals surface area contributed by atoms with Crippen LogP contribution in [-0.2, 0) is 10.0 Å². The predicted octanol–water partition coefficient (Wildman–Crippen LogP) is 2.17. The lowest BCUT2D eigenvalue weighted by Crippen LogP contribution is -2.40. The van der Waals surface area contributed by atoms with Gasteiger partial charge in [-0.1, -0.05) is 6.42 Å². The maximum absolute atomic E-state index is 12.0. The van der Waals surface area contributed by atoms with Crippen LogP contribution in [0, 0.1) is 3.57 Å². The van der Waals surface area contributed by atoms with Crippen LogP contribution in [-0.4, -0.2) is 26.8 Å². The van der Waals surface area contributed by atoms with E-state index in [4.69, 9.17) is 0 Å². The van der Waals surface area contributed by atoms with E-state index in [0.717, 1.165) is 29.4 Å². The summed E-state index contributed by atoms with van der Waals surface area (Å²) in [4.78, 5) is 0. The Balaban J connectivity index is 1.96. The first kappa shape index (κ1) is 14.1. The molecule has 1 aliphatic heterocycles. The van der Waals surface area contributed by atoms with Crippen molar-refractivity contribution in [3.05, 3.63) is 27.8 Å². The van der Waals surface area contributed by atoms with E-state index in [2.05, 4.69) is 32.6 Å². The molecule has 1 saturated heterocycles. The van der Waals surface area contributed by atoms with Gasteiger partial charge in [0.15, 0.2) is 0 Å². The summed E-state index contributed by atoms with van der Waals surface area (Å²) in [5, 5.41) is 3.25. The van der Waals surface area contributed by atoms with E-state index < -0.39 is 10.0 Å². The minimum absolute atomic E-state index is 0.0834. The van der Waals surface area contributed by atoms with Crippen molar-refractivity contribution in [3.8, 4) is 0 Å². The van der Waals surface area contributed by atoms with E-state index in [1.165, 1.54) is 0 Å². The van der Waals surface area contributed by atoms with Gasteiger partial charge in [0.05, 0.1) is 5.75 Å². The summed E-state index contributed by atoms with van der Waals surface area (Å²) in [7, 11) is -3.26. The zero-order chi connectivity index (χ0) is 13.0. The van der Waals surface area contributed by atoms with Gasteiger partial charge in [-0.3, -0.25) is 4.72 Å². The molecule has 1 aromatic rings. The van der Waals surface area contributed by atoms with Crippen molar-refractivity contribution >= 4 is 38.3 Å². The van der Waals surface area contributed by atoms with Crippen molar-refractivity contribution in [1.29, 1.82) is 0 Å². The van der Waals surface area contributed by atoms with Gasteiger partial charge in [-0.2, -0.15) is 0 Å². The third-order valence-electron chi connectivity index (χ3n) is 2.95. The summed E-state index contributed by atoms with van der Waals surface area (Å²) in [6.07, 6.45) is 3.19. The summed E-state index contributed by atoms with van der Waals surface area (Å²) in [6, 6.07) is 7.43. The SMILES string of the molecule is O=S(=O)(CC1CCCCN1)Nc1ccc(I)cc1. The van der Waals surface area contributed by atoms with Gasteiger partial charge in [0.25, 0.3) is 0 Å². The molecule has 0 bridgehead atoms. The molecule has 0 aromatic heterocycles. The van der Waals surface area contributed by atoms with Gasteiger partial charge in [0.2, 0.25) is 10.0 Å². The Morgan fingerprint density at radius 2 is 2.00 bits per heavy atom. The molecular formula is C12H17IN2O2S. The van der Waals surface area contributed by atoms with Gasteiger partial charge in [0.1, 0.15) is 0 Å². The van der Waals surface area contributed by atoms with Gasteiger partial charge < -0.3 is 5.32 Å². The van der Waals surface area contributed by atoms with Gasteiger partial charge >= 0.3 is 0 Å². The smallest absolute Gasteiger partial charge is 0.234 e. The van der Waals surface area contributed by atoms with Crippen molar-refractivity contribution in [1.82, 2.24) is 5.32 Å². The molecule has 0 saturated carbocycles. The molecule has 1 aliphatic rings. The van der Waals surface area contributed by atoms with Gasteiger partial charge in [-0.25, -0.2) is 8.42 Å². The number of halogens is 1. The number of nitrogens with one attached hydrogen (secondary N) is 2. The topological polar surface area (TPSA) is 58.2 Å². The number of rotatable bonds is 4. The second-order valence-electron chi connectivity index (χ2n) is 4.54. The zero-order valence-electron chi connectivity index (χ0n) is 10.0. The highest BCUT2D eigenvalue weighted by molar-refractivity contribution is 14.1. The zero-order valence-corrected chi connectivity index (χ0v) is 13.0. The summed E-state index contributed by atoms with van der Waals surface area (Å²) in [5.74, 6) is 0.152. The first-order valence-electron chi connectivity index (χ1n) is 6.05. The molecule has 2 rings (SSSR count). The molecule has 0 amide bonds. The lowest BCUT2D eigenvalue weighted by molar-refractivity contribution is 0.424. The highest BCUT2D eigenvalue weighted by Crippen LogP contribution is 2.14. The van der Waals surface area contributed by atoms with Gasteiger partial charge in [-0.15, -0.1) is 0 Å². The normalized spacial score (nSPS) is 20.6. The molecule has 1 unspecified atom stereocenters. The average Bonchev–Trinajstić information content (AvgIpc) is 2.32. The first-order chi connectivity index (χ1) is 8.55. The molecule has 1 aromatic carbocycles. The Labute approximate surface area is 122 Å². The van der Waals surface area contributed by atoms with Crippen LogP contribution in [0.4, 0.5) is 5.69 Å². The Morgan fingerprint density at radius 1 is 1.28 bits per heavy atom. The molecule has 1 atom stereocenters. The minimum Gasteiger partial charge on any atom is -0.313 e. The fourth-order valence-electron chi connectivity index (χ4n) is 2.07. The largest absolute Gasteiger partial charge is 0.313 e. The van der Waals surface area contributed by atoms with E-state index in [1.54, 1.807) is 12.1 Å². The van der Waals surface area contributed by atoms with Crippen molar-refractivity contribution < 1.29 is 8.42 Å². The monoisotopic (exact) mass is 380 g/mol. The maximum atomic E-state index is 12.0. The Kier molecular flexibility index (Phi) is 4.85. The van der Waals surface area contributed by atoms with Crippen molar-refractivity contribution in [2.75, 3.05) is 17.0 Å². The standard InChI is InChI=1S/C12H17IN2O2S/c13-10-4-6-11(7-5-10)15-18(16,17)9-12-3-1-2-8-14-12/h4-7,12,14-15H,1-3,8-9H2. The average molecular weight is 380 g/mol. The molecule has 18 heavy (non-hydrogen) atoms. The van der Waals surface area contributed by atoms with E-state index in [-0.39, 0.29) is 11.8 Å². The third kappa shape index (κ3) is 4.40. The minimum atomic E-state index is -3.26. The highest BCUT2D eigenvalue weighted by atomic mass is 127. The fourth-order valence-corrected chi connectivity index (χ4v) is 3.82. The summed E-state index contributed by atoms with van der Waals surface area (Å²) >= 11 is 2.19. The van der Waals surface area contributed by atoms with E-state index in [9.17, 15) is 8.42 Å². The maximum Gasteiger partial charge on any atom is 0.234 e. The summed E-state index contributed by atoms with van der Waals surface area (Å²) in [6.45, 7) is 0.920. The van der Waals surface area contributed by atoms with Gasteiger partial charge in [0, 0.05) is 15.3 Å². The van der Waals surface area contributed by atoms with Crippen LogP contribution < -0.4 is 10.0 Å². The molecule has 4 nitrogen and oxygen atoms in total. The number of sulfonamides is 1. The summed E-state index contributed by atoms with van der Waals surface area (Å²) < 4.78 is 27.7. The van der Waals surface area contributed by atoms with E-state index >= 15 is 0 Å². The molecule has 1 fully saturated rings. The Hall–Kier alpha value is -0.340. The fraction of sp³-hybridized carbons (Fsp3) is 0.500. The highest BCUT2D eigenvalue weighted by Gasteiger charge is 2.20. The molecule has 0 spiro atoms. The number of benzene rings is 1. The Morgan fingerprint density at radius 3 is 2.61 bits per heavy atom. The van der Waals surface area contributed by atoms with Gasteiger partial charge in [-0.05, 0) is 66.2 Å². The molecule has 0 radical (unpaired) electrons. The molecule has 1 heterocycles. The number of hydrogen-bond acceptors (Lipinski definition) is 3. The second-order valence-corrected chi connectivity index (χ2v) is 7.55. The molecule has 0 aliphatic carbocycles. The third-order valence-corrected chi connectivity index (χ3v) is 5.06. The summed E-state index contributed by atoms with van der Waals surface area (Å²) in [5.41, 5.74) is 0.631. The van der Waals surface area contributed by atoms with Crippen molar-refractivity contribution in [2.24, 2.45) is 0 Å².